The topological polar surface area (TPSA) is 49.9 Å². The lowest BCUT2D eigenvalue weighted by atomic mass is 9.43. The molecule has 0 aromatic heterocycles. The second kappa shape index (κ2) is 4.09. The van der Waals surface area contributed by atoms with Gasteiger partial charge in [-0.3, -0.25) is 5.41 Å². The van der Waals surface area contributed by atoms with Gasteiger partial charge in [-0.05, 0) is 68.3 Å². The Kier molecular flexibility index (Phi) is 2.55. The van der Waals surface area contributed by atoms with Crippen molar-refractivity contribution in [2.24, 2.45) is 29.4 Å². The number of hydrogen-bond acceptors (Lipinski definition) is 1. The Balaban J connectivity index is 1.85. The van der Waals surface area contributed by atoms with E-state index in [4.69, 9.17) is 11.1 Å². The first-order valence-corrected chi connectivity index (χ1v) is 8.02. The van der Waals surface area contributed by atoms with Gasteiger partial charge in [0, 0.05) is 0 Å². The summed E-state index contributed by atoms with van der Waals surface area (Å²) in [5.74, 6) is 3.47. The summed E-state index contributed by atoms with van der Waals surface area (Å²) < 4.78 is 0. The molecular weight excluding hydrogens is 244 g/mol. The lowest BCUT2D eigenvalue weighted by Crippen LogP contribution is -2.61. The Bertz CT molecular complexity index is 515. The lowest BCUT2D eigenvalue weighted by Gasteiger charge is -2.61. The van der Waals surface area contributed by atoms with Crippen molar-refractivity contribution in [3.63, 3.8) is 0 Å². The minimum Gasteiger partial charge on any atom is -0.387 e. The van der Waals surface area contributed by atoms with Crippen LogP contribution >= 0.6 is 0 Å². The van der Waals surface area contributed by atoms with Gasteiger partial charge in [-0.2, -0.15) is 0 Å². The molecule has 5 rings (SSSR count). The second-order valence-corrected chi connectivity index (χ2v) is 7.45. The van der Waals surface area contributed by atoms with Gasteiger partial charge < -0.3 is 5.73 Å². The smallest absolute Gasteiger partial charge is 0.102 e. The van der Waals surface area contributed by atoms with E-state index in [1.54, 1.807) is 0 Å². The van der Waals surface area contributed by atoms with Crippen LogP contribution in [0, 0.1) is 36.0 Å². The van der Waals surface area contributed by atoms with Crippen molar-refractivity contribution in [3.05, 3.63) is 35.4 Å². The third kappa shape index (κ3) is 1.48. The molecular formula is C18H24N2. The fraction of sp³-hybridized carbons (Fsp3) is 0.611. The van der Waals surface area contributed by atoms with Crippen LogP contribution in [0.25, 0.3) is 0 Å². The number of nitrogens with two attached hydrogens (primary N) is 1. The Morgan fingerprint density at radius 2 is 1.50 bits per heavy atom. The van der Waals surface area contributed by atoms with E-state index >= 15 is 0 Å². The van der Waals surface area contributed by atoms with Crippen LogP contribution in [-0.2, 0) is 5.41 Å². The molecule has 0 amide bonds. The van der Waals surface area contributed by atoms with Crippen LogP contribution in [0.2, 0.25) is 0 Å². The van der Waals surface area contributed by atoms with E-state index in [0.29, 0.717) is 17.7 Å². The third-order valence-electron chi connectivity index (χ3n) is 6.40. The van der Waals surface area contributed by atoms with E-state index in [-0.39, 0.29) is 5.41 Å². The predicted octanol–water partition coefficient (Wildman–Crippen LogP) is 3.62. The number of nitrogens with one attached hydrogen (secondary N) is 1. The zero-order valence-corrected chi connectivity index (χ0v) is 12.2. The zero-order chi connectivity index (χ0) is 13.9. The number of amidine groups is 1. The molecule has 3 N–H and O–H groups in total. The van der Waals surface area contributed by atoms with Gasteiger partial charge in [0.1, 0.15) is 5.84 Å². The summed E-state index contributed by atoms with van der Waals surface area (Å²) in [6, 6.07) is 8.84. The molecule has 0 heterocycles. The van der Waals surface area contributed by atoms with E-state index in [9.17, 15) is 0 Å². The number of rotatable bonds is 2. The highest BCUT2D eigenvalue weighted by Gasteiger charge is 2.59. The summed E-state index contributed by atoms with van der Waals surface area (Å²) in [7, 11) is 0. The van der Waals surface area contributed by atoms with E-state index in [1.165, 1.54) is 43.2 Å². The van der Waals surface area contributed by atoms with Crippen LogP contribution in [0.4, 0.5) is 0 Å². The largest absolute Gasteiger partial charge is 0.387 e. The second-order valence-electron chi connectivity index (χ2n) is 7.45. The van der Waals surface area contributed by atoms with Crippen molar-refractivity contribution in [2.75, 3.05) is 0 Å². The standard InChI is InChI=1S/C18H24N2/c1-11-2-4-14(5-3-11)18(17(19)20)15-7-12-6-13(9-15)10-16(18)8-12/h2-5,12-13,15-16H,6-10H2,1H3,(H3,19,20). The molecule has 2 heteroatoms. The molecule has 0 radical (unpaired) electrons. The molecule has 4 aliphatic carbocycles. The Morgan fingerprint density at radius 1 is 1.00 bits per heavy atom. The molecule has 1 aromatic carbocycles. The normalized spacial score (nSPS) is 41.9. The molecule has 0 spiro atoms. The van der Waals surface area contributed by atoms with Crippen molar-refractivity contribution < 1.29 is 0 Å². The SMILES string of the molecule is Cc1ccc(C2(C(=N)N)C3CC4CC(C3)CC2C4)cc1. The molecule has 0 aliphatic heterocycles. The maximum Gasteiger partial charge on any atom is 0.102 e. The fourth-order valence-electron chi connectivity index (χ4n) is 5.82. The average molecular weight is 268 g/mol. The van der Waals surface area contributed by atoms with Gasteiger partial charge in [0.2, 0.25) is 0 Å². The lowest BCUT2D eigenvalue weighted by molar-refractivity contribution is -0.0300. The van der Waals surface area contributed by atoms with Crippen LogP contribution in [-0.4, -0.2) is 5.84 Å². The summed E-state index contributed by atoms with van der Waals surface area (Å²) in [5.41, 5.74) is 8.65. The highest BCUT2D eigenvalue weighted by atomic mass is 14.8. The molecule has 4 aliphatic rings. The van der Waals surface area contributed by atoms with E-state index < -0.39 is 0 Å². The van der Waals surface area contributed by atoms with Gasteiger partial charge in [0.25, 0.3) is 0 Å². The van der Waals surface area contributed by atoms with Crippen LogP contribution in [0.5, 0.6) is 0 Å². The molecule has 0 atom stereocenters. The highest BCUT2D eigenvalue weighted by Crippen LogP contribution is 2.62. The number of benzene rings is 1. The molecule has 1 aromatic rings. The van der Waals surface area contributed by atoms with Crippen LogP contribution in [0.15, 0.2) is 24.3 Å². The fourth-order valence-corrected chi connectivity index (χ4v) is 5.82. The monoisotopic (exact) mass is 268 g/mol. The van der Waals surface area contributed by atoms with Crippen LogP contribution in [0.1, 0.15) is 43.2 Å². The van der Waals surface area contributed by atoms with Crippen molar-refractivity contribution in [2.45, 2.75) is 44.4 Å². The van der Waals surface area contributed by atoms with E-state index in [0.717, 1.165) is 11.8 Å². The van der Waals surface area contributed by atoms with Gasteiger partial charge in [-0.15, -0.1) is 0 Å². The molecule has 4 bridgehead atoms. The van der Waals surface area contributed by atoms with Crippen molar-refractivity contribution in [3.8, 4) is 0 Å². The molecule has 4 fully saturated rings. The van der Waals surface area contributed by atoms with Crippen LogP contribution < -0.4 is 5.73 Å². The first kappa shape index (κ1) is 12.4. The summed E-state index contributed by atoms with van der Waals surface area (Å²) in [6.45, 7) is 2.13. The van der Waals surface area contributed by atoms with Crippen molar-refractivity contribution in [1.82, 2.24) is 0 Å². The maximum atomic E-state index is 8.38. The molecule has 4 saturated carbocycles. The quantitative estimate of drug-likeness (QED) is 0.624. The summed E-state index contributed by atoms with van der Waals surface area (Å²) >= 11 is 0. The highest BCUT2D eigenvalue weighted by molar-refractivity contribution is 5.90. The van der Waals surface area contributed by atoms with E-state index in [1.807, 2.05) is 0 Å². The van der Waals surface area contributed by atoms with Gasteiger partial charge >= 0.3 is 0 Å². The maximum absolute atomic E-state index is 8.38. The Morgan fingerprint density at radius 3 is 1.95 bits per heavy atom. The predicted molar refractivity (Wildman–Crippen MR) is 81.8 cm³/mol. The van der Waals surface area contributed by atoms with Gasteiger partial charge in [0.05, 0.1) is 5.41 Å². The Hall–Kier alpha value is -1.31. The molecule has 2 nitrogen and oxygen atoms in total. The van der Waals surface area contributed by atoms with Gasteiger partial charge in [0.15, 0.2) is 0 Å². The zero-order valence-electron chi connectivity index (χ0n) is 12.2. The minimum absolute atomic E-state index is 0.152. The Labute approximate surface area is 121 Å². The number of aryl methyl sites for hydroxylation is 1. The van der Waals surface area contributed by atoms with Crippen LogP contribution in [0.3, 0.4) is 0 Å². The van der Waals surface area contributed by atoms with Crippen molar-refractivity contribution in [1.29, 1.82) is 5.41 Å². The first-order chi connectivity index (χ1) is 9.60. The minimum atomic E-state index is -0.152. The van der Waals surface area contributed by atoms with Crippen molar-refractivity contribution >= 4 is 5.84 Å². The molecule has 20 heavy (non-hydrogen) atoms. The summed E-state index contributed by atoms with van der Waals surface area (Å²) in [5, 5.41) is 8.38. The summed E-state index contributed by atoms with van der Waals surface area (Å²) in [4.78, 5) is 0. The first-order valence-electron chi connectivity index (χ1n) is 8.02. The molecule has 0 saturated heterocycles. The number of hydrogen-bond donors (Lipinski definition) is 2. The van der Waals surface area contributed by atoms with Gasteiger partial charge in [-0.1, -0.05) is 29.8 Å². The van der Waals surface area contributed by atoms with Gasteiger partial charge in [-0.25, -0.2) is 0 Å². The summed E-state index contributed by atoms with van der Waals surface area (Å²) in [6.07, 6.45) is 6.61. The molecule has 0 unspecified atom stereocenters. The average Bonchev–Trinajstić information content (AvgIpc) is 2.39. The third-order valence-corrected chi connectivity index (χ3v) is 6.40. The molecule has 106 valence electrons. The van der Waals surface area contributed by atoms with E-state index in [2.05, 4.69) is 31.2 Å².